The molecular formula is C26H18ClF2NO4S. The third-order valence-corrected chi connectivity index (χ3v) is 6.42. The highest BCUT2D eigenvalue weighted by molar-refractivity contribution is 7.14. The summed E-state index contributed by atoms with van der Waals surface area (Å²) >= 11 is 7.83. The van der Waals surface area contributed by atoms with Gasteiger partial charge in [0.25, 0.3) is 0 Å². The van der Waals surface area contributed by atoms with E-state index < -0.39 is 12.5 Å². The summed E-state index contributed by atoms with van der Waals surface area (Å²) in [5.74, 6) is -0.146. The molecule has 0 aliphatic rings. The van der Waals surface area contributed by atoms with Crippen LogP contribution in [0.4, 0.5) is 8.78 Å². The lowest BCUT2D eigenvalue weighted by atomic mass is 9.97. The van der Waals surface area contributed by atoms with E-state index >= 15 is 0 Å². The van der Waals surface area contributed by atoms with Crippen molar-refractivity contribution in [1.82, 2.24) is 0 Å². The van der Waals surface area contributed by atoms with Gasteiger partial charge >= 0.3 is 12.5 Å². The van der Waals surface area contributed by atoms with Crippen molar-refractivity contribution in [2.45, 2.75) is 20.1 Å². The first-order valence-corrected chi connectivity index (χ1v) is 11.6. The quantitative estimate of drug-likeness (QED) is 0.223. The van der Waals surface area contributed by atoms with E-state index in [1.54, 1.807) is 42.5 Å². The molecule has 0 saturated heterocycles. The van der Waals surface area contributed by atoms with Crippen molar-refractivity contribution in [3.63, 3.8) is 0 Å². The van der Waals surface area contributed by atoms with Gasteiger partial charge in [0.2, 0.25) is 0 Å². The molecule has 0 spiro atoms. The van der Waals surface area contributed by atoms with Crippen LogP contribution in [0.2, 0.25) is 5.02 Å². The fourth-order valence-electron chi connectivity index (χ4n) is 3.60. The highest BCUT2D eigenvalue weighted by Crippen LogP contribution is 2.43. The Hall–Kier alpha value is -3.62. The monoisotopic (exact) mass is 513 g/mol. The predicted molar refractivity (Wildman–Crippen MR) is 132 cm³/mol. The minimum atomic E-state index is -2.88. The molecule has 4 aromatic rings. The molecule has 0 bridgehead atoms. The molecule has 1 aromatic heterocycles. The van der Waals surface area contributed by atoms with Gasteiger partial charge in [0.05, 0.1) is 0 Å². The molecule has 9 heteroatoms. The second kappa shape index (κ2) is 10.8. The zero-order valence-electron chi connectivity index (χ0n) is 18.3. The molecule has 0 radical (unpaired) electrons. The number of thiophene rings is 1. The fourth-order valence-corrected chi connectivity index (χ4v) is 4.77. The van der Waals surface area contributed by atoms with E-state index in [4.69, 9.17) is 16.3 Å². The molecule has 0 aliphatic heterocycles. The molecule has 3 aromatic carbocycles. The number of halogens is 3. The van der Waals surface area contributed by atoms with Gasteiger partial charge in [0.15, 0.2) is 0 Å². The average Bonchev–Trinajstić information content (AvgIpc) is 3.32. The lowest BCUT2D eigenvalue weighted by Gasteiger charge is -2.14. The molecule has 5 nitrogen and oxygen atoms in total. The van der Waals surface area contributed by atoms with Crippen LogP contribution in [0.5, 0.6) is 11.5 Å². The van der Waals surface area contributed by atoms with Gasteiger partial charge < -0.3 is 9.47 Å². The molecule has 1 amide bonds. The van der Waals surface area contributed by atoms with Gasteiger partial charge in [-0.1, -0.05) is 29.8 Å². The fraction of sp³-hybridized carbons (Fsp3) is 0.115. The number of hydrogen-bond acceptors (Lipinski definition) is 5. The van der Waals surface area contributed by atoms with Crippen LogP contribution >= 0.6 is 22.9 Å². The van der Waals surface area contributed by atoms with Crippen LogP contribution in [0.25, 0.3) is 21.6 Å². The summed E-state index contributed by atoms with van der Waals surface area (Å²) in [4.78, 5) is 23.2. The maximum atomic E-state index is 12.4. The average molecular weight is 514 g/mol. The van der Waals surface area contributed by atoms with Crippen molar-refractivity contribution >= 4 is 28.8 Å². The van der Waals surface area contributed by atoms with Crippen LogP contribution in [0, 0.1) is 11.8 Å². The summed E-state index contributed by atoms with van der Waals surface area (Å²) in [6, 6.07) is 18.5. The number of benzene rings is 3. The Balaban J connectivity index is 1.63. The predicted octanol–water partition coefficient (Wildman–Crippen LogP) is 8.13. The molecule has 4 rings (SSSR count). The van der Waals surface area contributed by atoms with Crippen LogP contribution in [-0.4, -0.2) is 12.5 Å². The third-order valence-electron chi connectivity index (χ3n) is 5.24. The van der Waals surface area contributed by atoms with Crippen LogP contribution in [0.1, 0.15) is 21.5 Å². The molecule has 178 valence electrons. The summed E-state index contributed by atoms with van der Waals surface area (Å²) in [5, 5.41) is 4.97. The summed E-state index contributed by atoms with van der Waals surface area (Å²) < 4.78 is 35.2. The van der Waals surface area contributed by atoms with E-state index in [-0.39, 0.29) is 17.9 Å². The first-order chi connectivity index (χ1) is 16.9. The van der Waals surface area contributed by atoms with E-state index in [2.05, 4.69) is 9.91 Å². The van der Waals surface area contributed by atoms with Gasteiger partial charge in [0, 0.05) is 31.8 Å². The number of nitrogens with zero attached hydrogens (tertiary/aromatic N) is 1. The van der Waals surface area contributed by atoms with Gasteiger partial charge in [-0.25, -0.2) is 0 Å². The lowest BCUT2D eigenvalue weighted by Crippen LogP contribution is -2.02. The van der Waals surface area contributed by atoms with Crippen LogP contribution in [0.15, 0.2) is 77.3 Å². The van der Waals surface area contributed by atoms with E-state index in [0.717, 1.165) is 32.7 Å². The number of alkyl halides is 2. The van der Waals surface area contributed by atoms with E-state index in [0.29, 0.717) is 10.8 Å². The Morgan fingerprint density at radius 1 is 1.00 bits per heavy atom. The van der Waals surface area contributed by atoms with Gasteiger partial charge in [-0.3, -0.25) is 4.79 Å². The van der Waals surface area contributed by atoms with Crippen molar-refractivity contribution in [1.29, 1.82) is 0 Å². The van der Waals surface area contributed by atoms with E-state index in [9.17, 15) is 18.5 Å². The zero-order chi connectivity index (χ0) is 24.9. The number of aryl methyl sites for hydroxylation is 1. The minimum Gasteiger partial charge on any atom is -0.488 e. The first-order valence-electron chi connectivity index (χ1n) is 10.4. The number of carbonyl (C=O) groups is 1. The number of rotatable bonds is 8. The van der Waals surface area contributed by atoms with Crippen molar-refractivity contribution in [2.24, 2.45) is 5.18 Å². The molecule has 0 saturated carbocycles. The van der Waals surface area contributed by atoms with Crippen molar-refractivity contribution in [2.75, 3.05) is 0 Å². The second-order valence-corrected chi connectivity index (χ2v) is 8.89. The Bertz CT molecular complexity index is 1370. The van der Waals surface area contributed by atoms with Crippen LogP contribution in [0.3, 0.4) is 0 Å². The van der Waals surface area contributed by atoms with Gasteiger partial charge in [0.1, 0.15) is 18.1 Å². The van der Waals surface area contributed by atoms with Gasteiger partial charge in [-0.05, 0) is 77.5 Å². The number of hydrogen-bond donors (Lipinski definition) is 0. The first kappa shape index (κ1) is 24.5. The Labute approximate surface area is 208 Å². The Morgan fingerprint density at radius 3 is 2.46 bits per heavy atom. The summed E-state index contributed by atoms with van der Waals surface area (Å²) in [7, 11) is 0. The maximum absolute atomic E-state index is 12.4. The topological polar surface area (TPSA) is 65.0 Å². The minimum absolute atomic E-state index is 0.0749. The van der Waals surface area contributed by atoms with Crippen LogP contribution in [-0.2, 0) is 6.61 Å². The lowest BCUT2D eigenvalue weighted by molar-refractivity contribution is -0.0498. The van der Waals surface area contributed by atoms with Gasteiger partial charge in [-0.15, -0.1) is 16.2 Å². The smallest absolute Gasteiger partial charge is 0.387 e. The highest BCUT2D eigenvalue weighted by Gasteiger charge is 2.17. The normalized spacial score (nSPS) is 10.9. The van der Waals surface area contributed by atoms with Crippen molar-refractivity contribution in [3.05, 3.63) is 98.7 Å². The number of carbonyl (C=O) groups excluding carboxylic acids is 1. The molecule has 0 N–H and O–H groups in total. The third kappa shape index (κ3) is 5.72. The summed E-state index contributed by atoms with van der Waals surface area (Å²) in [5.41, 5.74) is 4.40. The number of nitroso groups, excluding NO2 is 1. The molecule has 0 unspecified atom stereocenters. The molecule has 35 heavy (non-hydrogen) atoms. The van der Waals surface area contributed by atoms with Crippen LogP contribution < -0.4 is 9.47 Å². The molecule has 0 aliphatic carbocycles. The summed E-state index contributed by atoms with van der Waals surface area (Å²) in [6.45, 7) is -0.815. The standard InChI is InChI=1S/C26H18ClF2NO4S/c1-15-12-17(25(31)30-32)4-8-20(15)24-21(10-11-35-24)22-13-18(27)5-9-23(22)33-14-16-2-6-19(7-3-16)34-26(28)29/h2-13,26H,14H2,1H3. The molecule has 0 fully saturated rings. The van der Waals surface area contributed by atoms with E-state index in [1.165, 1.54) is 23.5 Å². The molecule has 1 heterocycles. The SMILES string of the molecule is Cc1cc(C(=O)N=O)ccc1-c1sccc1-c1cc(Cl)ccc1OCc1ccc(OC(F)F)cc1. The zero-order valence-corrected chi connectivity index (χ0v) is 19.9. The van der Waals surface area contributed by atoms with Crippen molar-refractivity contribution < 1.29 is 23.0 Å². The highest BCUT2D eigenvalue weighted by atomic mass is 35.5. The number of amides is 1. The second-order valence-electron chi connectivity index (χ2n) is 7.54. The maximum Gasteiger partial charge on any atom is 0.387 e. The Kier molecular flexibility index (Phi) is 7.53. The largest absolute Gasteiger partial charge is 0.488 e. The van der Waals surface area contributed by atoms with E-state index in [1.807, 2.05) is 24.4 Å². The molecule has 0 atom stereocenters. The molecular weight excluding hydrogens is 496 g/mol. The number of ether oxygens (including phenoxy) is 2. The Morgan fingerprint density at radius 2 is 1.77 bits per heavy atom. The van der Waals surface area contributed by atoms with Gasteiger partial charge in [-0.2, -0.15) is 8.78 Å². The summed E-state index contributed by atoms with van der Waals surface area (Å²) in [6.07, 6.45) is 0. The van der Waals surface area contributed by atoms with Crippen molar-refractivity contribution in [3.8, 4) is 33.1 Å².